The molecule has 0 heterocycles. The van der Waals surface area contributed by atoms with Crippen molar-refractivity contribution in [1.29, 1.82) is 0 Å². The van der Waals surface area contributed by atoms with Crippen LogP contribution < -0.4 is 11.5 Å². The van der Waals surface area contributed by atoms with E-state index in [1.165, 1.54) is 6.92 Å². The van der Waals surface area contributed by atoms with Crippen molar-refractivity contribution in [2.45, 2.75) is 18.5 Å². The third-order valence-electron chi connectivity index (χ3n) is 1.49. The van der Waals surface area contributed by atoms with Crippen LogP contribution in [0.25, 0.3) is 0 Å². The summed E-state index contributed by atoms with van der Waals surface area (Å²) < 4.78 is 10.4. The third-order valence-corrected chi connectivity index (χ3v) is 2.36. The summed E-state index contributed by atoms with van der Waals surface area (Å²) in [7, 11) is -4.20. The average Bonchev–Trinajstić information content (AvgIpc) is 1.84. The predicted molar refractivity (Wildman–Crippen MR) is 43.5 cm³/mol. The van der Waals surface area contributed by atoms with Gasteiger partial charge in [0.2, 0.25) is 0 Å². The van der Waals surface area contributed by atoms with E-state index >= 15 is 0 Å². The molecule has 0 aliphatic rings. The molecule has 13 heavy (non-hydrogen) atoms. The minimum Gasteiger partial charge on any atom is -0.325 e. The van der Waals surface area contributed by atoms with Gasteiger partial charge in [0.15, 0.2) is 0 Å². The van der Waals surface area contributed by atoms with Gasteiger partial charge in [-0.3, -0.25) is 4.57 Å². The fourth-order valence-electron chi connectivity index (χ4n) is 0.540. The summed E-state index contributed by atoms with van der Waals surface area (Å²) in [6.07, 6.45) is -0.202. The molecule has 0 amide bonds. The number of carbonyl (C=O) groups is 1. The minimum absolute atomic E-state index is 0. The van der Waals surface area contributed by atoms with Crippen LogP contribution in [0.15, 0.2) is 0 Å². The van der Waals surface area contributed by atoms with Gasteiger partial charge >= 0.3 is 7.60 Å². The van der Waals surface area contributed by atoms with Gasteiger partial charge in [-0.2, -0.15) is 0 Å². The van der Waals surface area contributed by atoms with E-state index in [1.54, 1.807) is 0 Å². The van der Waals surface area contributed by atoms with Crippen LogP contribution in [-0.4, -0.2) is 33.8 Å². The molecule has 2 atom stereocenters. The van der Waals surface area contributed by atoms with Crippen LogP contribution in [0.1, 0.15) is 6.92 Å². The quantitative estimate of drug-likeness (QED) is 0.274. The first-order valence-corrected chi connectivity index (χ1v) is 5.04. The first kappa shape index (κ1) is 15.8. The zero-order valence-electron chi connectivity index (χ0n) is 7.38. The first-order valence-electron chi connectivity index (χ1n) is 3.24. The van der Waals surface area contributed by atoms with Crippen molar-refractivity contribution < 1.29 is 38.6 Å². The van der Waals surface area contributed by atoms with Crippen molar-refractivity contribution in [2.75, 3.05) is 6.16 Å². The largest absolute Gasteiger partial charge is 0.327 e. The number of carbonyl (C=O) groups excluding carboxylic acids is 1. The summed E-state index contributed by atoms with van der Waals surface area (Å²) in [6, 6.07) is -1.03. The van der Waals surface area contributed by atoms with E-state index in [9.17, 15) is 9.36 Å². The smallest absolute Gasteiger partial charge is 0.325 e. The van der Waals surface area contributed by atoms with Crippen molar-refractivity contribution in [2.24, 2.45) is 11.5 Å². The summed E-state index contributed by atoms with van der Waals surface area (Å²) in [6.45, 7) is 1.32. The Morgan fingerprint density at radius 1 is 1.62 bits per heavy atom. The fourth-order valence-corrected chi connectivity index (χ4v) is 1.45. The summed E-state index contributed by atoms with van der Waals surface area (Å²) in [5, 5.41) is 0. The molecule has 0 aliphatic heterocycles. The first-order chi connectivity index (χ1) is 5.19. The normalized spacial score (nSPS) is 18.2. The Labute approximate surface area is 89.0 Å². The van der Waals surface area contributed by atoms with Crippen molar-refractivity contribution >= 4 is 13.9 Å². The molecule has 6 N–H and O–H groups in total. The van der Waals surface area contributed by atoms with Gasteiger partial charge in [0.1, 0.15) is 6.29 Å². The van der Waals surface area contributed by atoms with E-state index in [1.807, 2.05) is 0 Å². The van der Waals surface area contributed by atoms with E-state index in [-0.39, 0.29) is 19.5 Å². The molecule has 0 fully saturated rings. The number of nitrogens with two attached hydrogens (primary N) is 2. The summed E-state index contributed by atoms with van der Waals surface area (Å²) in [4.78, 5) is 27.3. The molecule has 0 spiro atoms. The maximum atomic E-state index is 10.4. The fraction of sp³-hybridized carbons (Fsp3) is 0.800. The van der Waals surface area contributed by atoms with E-state index in [2.05, 4.69) is 0 Å². The standard InChI is InChI=1S/C5H13N2O4P.Zn/c1-5(7,3-8)4(6)2-12(9,10)11;/h3-4H,2,6-7H2,1H3,(H2,9,10,11);/t4?,5-;/m1./s1. The monoisotopic (exact) mass is 260 g/mol. The predicted octanol–water partition coefficient (Wildman–Crippen LogP) is -1.59. The Balaban J connectivity index is 0. The number of aldehydes is 1. The van der Waals surface area contributed by atoms with E-state index in [0.717, 1.165) is 0 Å². The van der Waals surface area contributed by atoms with Crippen LogP contribution in [0, 0.1) is 0 Å². The second-order valence-electron chi connectivity index (χ2n) is 2.94. The Hall–Kier alpha value is 0.363. The molecule has 0 saturated heterocycles. The van der Waals surface area contributed by atoms with Crippen LogP contribution in [0.5, 0.6) is 0 Å². The molecular weight excluding hydrogens is 248 g/mol. The molecule has 0 saturated carbocycles. The van der Waals surface area contributed by atoms with E-state index < -0.39 is 25.3 Å². The summed E-state index contributed by atoms with van der Waals surface area (Å²) in [5.74, 6) is 0. The third kappa shape index (κ3) is 6.44. The van der Waals surface area contributed by atoms with Crippen molar-refractivity contribution in [3.63, 3.8) is 0 Å². The van der Waals surface area contributed by atoms with Gasteiger partial charge in [0.05, 0.1) is 11.7 Å². The van der Waals surface area contributed by atoms with Crippen molar-refractivity contribution in [1.82, 2.24) is 0 Å². The molecule has 74 valence electrons. The molecule has 6 nitrogen and oxygen atoms in total. The molecule has 0 bridgehead atoms. The van der Waals surface area contributed by atoms with Crippen molar-refractivity contribution in [3.05, 3.63) is 0 Å². The van der Waals surface area contributed by atoms with Gasteiger partial charge in [-0.25, -0.2) is 0 Å². The van der Waals surface area contributed by atoms with E-state index in [0.29, 0.717) is 6.29 Å². The number of hydrogen-bond acceptors (Lipinski definition) is 4. The van der Waals surface area contributed by atoms with Gasteiger partial charge in [-0.05, 0) is 6.92 Å². The Kier molecular flexibility index (Phi) is 6.44. The Morgan fingerprint density at radius 2 is 2.00 bits per heavy atom. The maximum Gasteiger partial charge on any atom is 0.327 e. The van der Waals surface area contributed by atoms with Crippen LogP contribution >= 0.6 is 7.60 Å². The number of rotatable bonds is 4. The van der Waals surface area contributed by atoms with Crippen LogP contribution in [-0.2, 0) is 28.8 Å². The maximum absolute atomic E-state index is 10.4. The second kappa shape index (κ2) is 5.30. The molecule has 0 aromatic heterocycles. The number of hydrogen-bond donors (Lipinski definition) is 4. The molecule has 0 aliphatic carbocycles. The second-order valence-corrected chi connectivity index (χ2v) is 4.63. The zero-order valence-corrected chi connectivity index (χ0v) is 11.2. The van der Waals surface area contributed by atoms with Gasteiger partial charge < -0.3 is 26.0 Å². The Bertz CT molecular complexity index is 217. The molecule has 0 radical (unpaired) electrons. The summed E-state index contributed by atoms with van der Waals surface area (Å²) in [5.41, 5.74) is 9.24. The Morgan fingerprint density at radius 3 is 2.23 bits per heavy atom. The van der Waals surface area contributed by atoms with Crippen LogP contribution in [0.4, 0.5) is 0 Å². The molecule has 8 heteroatoms. The SMILES string of the molecule is C[C@@](N)(C=O)C(N)CP(=O)(O)O.[Zn]. The van der Waals surface area contributed by atoms with E-state index in [4.69, 9.17) is 21.3 Å². The average molecular weight is 262 g/mol. The topological polar surface area (TPSA) is 127 Å². The van der Waals surface area contributed by atoms with Gasteiger partial charge in [0, 0.05) is 25.5 Å². The molecule has 0 aromatic rings. The molecule has 1 unspecified atom stereocenters. The molecule has 0 rings (SSSR count). The van der Waals surface area contributed by atoms with Gasteiger partial charge in [-0.1, -0.05) is 0 Å². The van der Waals surface area contributed by atoms with Gasteiger partial charge in [-0.15, -0.1) is 0 Å². The molecule has 0 aromatic carbocycles. The minimum atomic E-state index is -4.20. The van der Waals surface area contributed by atoms with Gasteiger partial charge in [0.25, 0.3) is 0 Å². The summed E-state index contributed by atoms with van der Waals surface area (Å²) >= 11 is 0. The van der Waals surface area contributed by atoms with Crippen molar-refractivity contribution in [3.8, 4) is 0 Å². The zero-order chi connectivity index (χ0) is 9.99. The van der Waals surface area contributed by atoms with Crippen LogP contribution in [0.2, 0.25) is 0 Å². The van der Waals surface area contributed by atoms with Crippen LogP contribution in [0.3, 0.4) is 0 Å². The molecular formula is C5H13N2O4PZn.